The molecule has 0 saturated carbocycles. The predicted octanol–water partition coefficient (Wildman–Crippen LogP) is -0.684. The number of carbonyl (C=O) groups excluding carboxylic acids is 1. The first-order chi connectivity index (χ1) is 5.13. The van der Waals surface area contributed by atoms with Gasteiger partial charge in [0.05, 0.1) is 6.61 Å². The Morgan fingerprint density at radius 2 is 2.36 bits per heavy atom. The Morgan fingerprint density at radius 3 is 2.64 bits per heavy atom. The third-order valence-corrected chi connectivity index (χ3v) is 0.824. The van der Waals surface area contributed by atoms with Crippen molar-refractivity contribution in [1.29, 1.82) is 5.41 Å². The molecule has 0 spiro atoms. The third-order valence-electron chi connectivity index (χ3n) is 0.824. The molecular formula is C5H9N3O3. The average molecular weight is 159 g/mol. The SMILES string of the molecule is CCOC(=O)C(=NO)C(=N)N. The summed E-state index contributed by atoms with van der Waals surface area (Å²) in [6.45, 7) is 1.73. The van der Waals surface area contributed by atoms with Crippen LogP contribution >= 0.6 is 0 Å². The molecule has 0 amide bonds. The van der Waals surface area contributed by atoms with Gasteiger partial charge >= 0.3 is 5.97 Å². The lowest BCUT2D eigenvalue weighted by atomic mass is 10.3. The van der Waals surface area contributed by atoms with Gasteiger partial charge in [0, 0.05) is 0 Å². The number of amidine groups is 1. The minimum absolute atomic E-state index is 0.144. The maximum absolute atomic E-state index is 10.7. The third kappa shape index (κ3) is 2.65. The van der Waals surface area contributed by atoms with E-state index >= 15 is 0 Å². The van der Waals surface area contributed by atoms with E-state index in [-0.39, 0.29) is 6.61 Å². The molecule has 0 bridgehead atoms. The molecule has 0 unspecified atom stereocenters. The monoisotopic (exact) mass is 159 g/mol. The summed E-state index contributed by atoms with van der Waals surface area (Å²) in [6, 6.07) is 0. The first-order valence-corrected chi connectivity index (χ1v) is 2.87. The Hall–Kier alpha value is -1.59. The van der Waals surface area contributed by atoms with E-state index in [1.54, 1.807) is 6.92 Å². The van der Waals surface area contributed by atoms with Crippen LogP contribution in [0.4, 0.5) is 0 Å². The molecule has 0 aromatic rings. The molecule has 6 nitrogen and oxygen atoms in total. The summed E-state index contributed by atoms with van der Waals surface area (Å²) in [6.07, 6.45) is 0. The molecule has 0 radical (unpaired) electrons. The predicted molar refractivity (Wildman–Crippen MR) is 37.8 cm³/mol. The molecule has 0 saturated heterocycles. The van der Waals surface area contributed by atoms with E-state index in [0.717, 1.165) is 0 Å². The fourth-order valence-electron chi connectivity index (χ4n) is 0.404. The molecule has 0 rings (SSSR count). The van der Waals surface area contributed by atoms with Crippen LogP contribution in [-0.2, 0) is 9.53 Å². The Labute approximate surface area is 63.1 Å². The Balaban J connectivity index is 4.29. The molecule has 4 N–H and O–H groups in total. The minimum atomic E-state index is -0.900. The molecule has 0 aromatic carbocycles. The summed E-state index contributed by atoms with van der Waals surface area (Å²) < 4.78 is 4.41. The van der Waals surface area contributed by atoms with E-state index in [4.69, 9.17) is 16.4 Å². The van der Waals surface area contributed by atoms with Gasteiger partial charge in [-0.1, -0.05) is 5.16 Å². The zero-order valence-electron chi connectivity index (χ0n) is 6.00. The molecule has 0 atom stereocenters. The number of hydrogen-bond acceptors (Lipinski definition) is 5. The second-order valence-corrected chi connectivity index (χ2v) is 1.58. The van der Waals surface area contributed by atoms with E-state index in [1.807, 2.05) is 0 Å². The van der Waals surface area contributed by atoms with Gasteiger partial charge in [-0.15, -0.1) is 0 Å². The maximum Gasteiger partial charge on any atom is 0.364 e. The van der Waals surface area contributed by atoms with Gasteiger partial charge in [-0.25, -0.2) is 4.79 Å². The van der Waals surface area contributed by atoms with Crippen LogP contribution in [0.1, 0.15) is 6.92 Å². The van der Waals surface area contributed by atoms with Gasteiger partial charge in [0.25, 0.3) is 0 Å². The summed E-state index contributed by atoms with van der Waals surface area (Å²) in [5, 5.41) is 17.4. The topological polar surface area (TPSA) is 109 Å². The van der Waals surface area contributed by atoms with Gasteiger partial charge in [0.2, 0.25) is 5.71 Å². The number of rotatable bonds is 3. The highest BCUT2D eigenvalue weighted by atomic mass is 16.5. The summed E-state index contributed by atoms with van der Waals surface area (Å²) in [5.74, 6) is -1.52. The highest BCUT2D eigenvalue weighted by Crippen LogP contribution is 1.83. The van der Waals surface area contributed by atoms with Crippen LogP contribution in [0.15, 0.2) is 5.16 Å². The lowest BCUT2D eigenvalue weighted by Gasteiger charge is -2.00. The number of nitrogens with zero attached hydrogens (tertiary/aromatic N) is 1. The molecule has 0 fully saturated rings. The Kier molecular flexibility index (Phi) is 3.65. The highest BCUT2D eigenvalue weighted by molar-refractivity contribution is 6.64. The van der Waals surface area contributed by atoms with Crippen LogP contribution in [0, 0.1) is 5.41 Å². The first-order valence-electron chi connectivity index (χ1n) is 2.87. The van der Waals surface area contributed by atoms with Crippen molar-refractivity contribution in [1.82, 2.24) is 0 Å². The molecule has 0 aliphatic heterocycles. The number of esters is 1. The van der Waals surface area contributed by atoms with E-state index in [9.17, 15) is 4.79 Å². The molecule has 6 heteroatoms. The fraction of sp³-hybridized carbons (Fsp3) is 0.400. The van der Waals surface area contributed by atoms with Gasteiger partial charge in [-0.05, 0) is 6.92 Å². The van der Waals surface area contributed by atoms with Crippen molar-refractivity contribution in [3.8, 4) is 0 Å². The normalized spacial score (nSPS) is 10.8. The lowest BCUT2D eigenvalue weighted by molar-refractivity contribution is -0.134. The number of nitrogens with one attached hydrogen (secondary N) is 1. The van der Waals surface area contributed by atoms with Crippen molar-refractivity contribution in [2.45, 2.75) is 6.92 Å². The molecule has 0 aliphatic rings. The van der Waals surface area contributed by atoms with Gasteiger partial charge in [0.15, 0.2) is 5.84 Å². The summed E-state index contributed by atoms with van der Waals surface area (Å²) in [5.41, 5.74) is 4.29. The molecule has 0 aromatic heterocycles. The summed E-state index contributed by atoms with van der Waals surface area (Å²) in [7, 11) is 0. The van der Waals surface area contributed by atoms with Gasteiger partial charge in [-0.2, -0.15) is 0 Å². The van der Waals surface area contributed by atoms with Crippen molar-refractivity contribution in [3.05, 3.63) is 0 Å². The van der Waals surface area contributed by atoms with Crippen molar-refractivity contribution in [2.24, 2.45) is 10.9 Å². The molecule has 62 valence electrons. The molecule has 11 heavy (non-hydrogen) atoms. The number of hydrogen-bond donors (Lipinski definition) is 3. The van der Waals surface area contributed by atoms with Crippen LogP contribution in [0.5, 0.6) is 0 Å². The summed E-state index contributed by atoms with van der Waals surface area (Å²) in [4.78, 5) is 10.7. The van der Waals surface area contributed by atoms with Gasteiger partial charge in [-0.3, -0.25) is 5.41 Å². The largest absolute Gasteiger partial charge is 0.461 e. The van der Waals surface area contributed by atoms with Gasteiger partial charge in [0.1, 0.15) is 0 Å². The van der Waals surface area contributed by atoms with Crippen LogP contribution in [0.25, 0.3) is 0 Å². The zero-order valence-corrected chi connectivity index (χ0v) is 6.00. The second kappa shape index (κ2) is 4.26. The van der Waals surface area contributed by atoms with Crippen LogP contribution in [0.2, 0.25) is 0 Å². The van der Waals surface area contributed by atoms with E-state index < -0.39 is 17.5 Å². The summed E-state index contributed by atoms with van der Waals surface area (Å²) >= 11 is 0. The number of oxime groups is 1. The van der Waals surface area contributed by atoms with E-state index in [0.29, 0.717) is 0 Å². The number of ether oxygens (including phenoxy) is 1. The molecule has 0 heterocycles. The highest BCUT2D eigenvalue weighted by Gasteiger charge is 2.15. The van der Waals surface area contributed by atoms with Crippen molar-refractivity contribution >= 4 is 17.5 Å². The first kappa shape index (κ1) is 9.41. The Bertz CT molecular complexity index is 199. The Morgan fingerprint density at radius 1 is 1.82 bits per heavy atom. The minimum Gasteiger partial charge on any atom is -0.461 e. The molecular weight excluding hydrogens is 150 g/mol. The van der Waals surface area contributed by atoms with Gasteiger partial charge < -0.3 is 15.7 Å². The lowest BCUT2D eigenvalue weighted by Crippen LogP contribution is -2.31. The zero-order chi connectivity index (χ0) is 8.85. The van der Waals surface area contributed by atoms with Crippen molar-refractivity contribution in [3.63, 3.8) is 0 Å². The second-order valence-electron chi connectivity index (χ2n) is 1.58. The number of nitrogens with two attached hydrogens (primary N) is 1. The van der Waals surface area contributed by atoms with E-state index in [2.05, 4.69) is 9.89 Å². The standard InChI is InChI=1S/C5H9N3O3/c1-2-11-5(9)3(8-10)4(6)7/h10H,2H2,1H3,(H3,6,7). The van der Waals surface area contributed by atoms with E-state index in [1.165, 1.54) is 0 Å². The average Bonchev–Trinajstić information content (AvgIpc) is 1.88. The van der Waals surface area contributed by atoms with Crippen LogP contribution in [0.3, 0.4) is 0 Å². The molecule has 0 aliphatic carbocycles. The number of carbonyl (C=O) groups is 1. The van der Waals surface area contributed by atoms with Crippen LogP contribution in [-0.4, -0.2) is 29.3 Å². The van der Waals surface area contributed by atoms with Crippen LogP contribution < -0.4 is 5.73 Å². The fourth-order valence-corrected chi connectivity index (χ4v) is 0.404. The quantitative estimate of drug-likeness (QED) is 0.166. The smallest absolute Gasteiger partial charge is 0.364 e. The van der Waals surface area contributed by atoms with Crippen molar-refractivity contribution in [2.75, 3.05) is 6.61 Å². The van der Waals surface area contributed by atoms with Crippen molar-refractivity contribution < 1.29 is 14.7 Å². The maximum atomic E-state index is 10.7.